The summed E-state index contributed by atoms with van der Waals surface area (Å²) in [5.74, 6) is -3.20. The Kier molecular flexibility index (Phi) is 3.97. The normalized spacial score (nSPS) is 21.5. The van der Waals surface area contributed by atoms with Crippen molar-refractivity contribution in [1.82, 2.24) is 0 Å². The highest BCUT2D eigenvalue weighted by molar-refractivity contribution is 5.89. The molecule has 0 saturated heterocycles. The summed E-state index contributed by atoms with van der Waals surface area (Å²) in [7, 11) is 0. The number of hydrogen-bond acceptors (Lipinski definition) is 2. The Labute approximate surface area is 117 Å². The van der Waals surface area contributed by atoms with Crippen molar-refractivity contribution in [2.45, 2.75) is 45.6 Å². The lowest BCUT2D eigenvalue weighted by Gasteiger charge is -2.39. The summed E-state index contributed by atoms with van der Waals surface area (Å²) in [6.45, 7) is 4.20. The number of aromatic carboxylic acids is 1. The number of carboxylic acids is 1. The lowest BCUT2D eigenvalue weighted by Crippen LogP contribution is -2.39. The van der Waals surface area contributed by atoms with Crippen molar-refractivity contribution in [2.75, 3.05) is 5.32 Å². The molecule has 1 atom stereocenters. The number of carboxylic acid groups (broad SMARTS) is 1. The average Bonchev–Trinajstić information content (AvgIpc) is 2.34. The highest BCUT2D eigenvalue weighted by Crippen LogP contribution is 2.37. The van der Waals surface area contributed by atoms with Crippen molar-refractivity contribution in [3.63, 3.8) is 0 Å². The van der Waals surface area contributed by atoms with E-state index in [-0.39, 0.29) is 17.1 Å². The summed E-state index contributed by atoms with van der Waals surface area (Å²) in [4.78, 5) is 10.9. The Morgan fingerprint density at radius 3 is 2.60 bits per heavy atom. The minimum absolute atomic E-state index is 0.00244. The molecule has 1 saturated carbocycles. The van der Waals surface area contributed by atoms with Crippen LogP contribution in [0.5, 0.6) is 0 Å². The number of benzene rings is 1. The van der Waals surface area contributed by atoms with E-state index in [2.05, 4.69) is 19.2 Å². The maximum Gasteiger partial charge on any atom is 0.338 e. The van der Waals surface area contributed by atoms with E-state index in [0.717, 1.165) is 31.7 Å². The van der Waals surface area contributed by atoms with Gasteiger partial charge in [-0.2, -0.15) is 0 Å². The van der Waals surface area contributed by atoms with Gasteiger partial charge in [0.2, 0.25) is 0 Å². The fraction of sp³-hybridized carbons (Fsp3) is 0.533. The summed E-state index contributed by atoms with van der Waals surface area (Å²) in [6.07, 6.45) is 4.11. The third-order valence-electron chi connectivity index (χ3n) is 4.12. The van der Waals surface area contributed by atoms with Gasteiger partial charge < -0.3 is 10.4 Å². The van der Waals surface area contributed by atoms with Crippen LogP contribution in [0.1, 0.15) is 49.9 Å². The largest absolute Gasteiger partial charge is 0.478 e. The number of nitrogens with one attached hydrogen (secondary N) is 1. The summed E-state index contributed by atoms with van der Waals surface area (Å²) < 4.78 is 27.2. The van der Waals surface area contributed by atoms with Crippen LogP contribution in [0.15, 0.2) is 12.1 Å². The van der Waals surface area contributed by atoms with E-state index in [9.17, 15) is 13.6 Å². The maximum atomic E-state index is 13.8. The second-order valence-electron chi connectivity index (χ2n) is 6.05. The molecule has 1 aliphatic rings. The van der Waals surface area contributed by atoms with Gasteiger partial charge in [-0.05, 0) is 24.3 Å². The molecule has 110 valence electrons. The van der Waals surface area contributed by atoms with Crippen LogP contribution in [0, 0.1) is 17.0 Å². The standard InChI is InChI=1S/C15H19F2NO2/c1-15(2)6-4-3-5-13(15)18-12-7-9(14(19)20)10(16)8-11(12)17/h7-8,13,18H,3-6H2,1-2H3,(H,19,20). The van der Waals surface area contributed by atoms with E-state index in [1.807, 2.05) is 0 Å². The Morgan fingerprint density at radius 1 is 1.30 bits per heavy atom. The predicted octanol–water partition coefficient (Wildman–Crippen LogP) is 4.04. The topological polar surface area (TPSA) is 49.3 Å². The van der Waals surface area contributed by atoms with Crippen molar-refractivity contribution in [3.05, 3.63) is 29.3 Å². The number of carbonyl (C=O) groups is 1. The fourth-order valence-corrected chi connectivity index (χ4v) is 2.77. The minimum atomic E-state index is -1.39. The molecule has 0 aliphatic heterocycles. The molecule has 1 fully saturated rings. The summed E-state index contributed by atoms with van der Waals surface area (Å²) in [5, 5.41) is 12.0. The van der Waals surface area contributed by atoms with Crippen molar-refractivity contribution in [1.29, 1.82) is 0 Å². The van der Waals surface area contributed by atoms with Crippen molar-refractivity contribution >= 4 is 11.7 Å². The smallest absolute Gasteiger partial charge is 0.338 e. The third kappa shape index (κ3) is 2.92. The Morgan fingerprint density at radius 2 is 2.00 bits per heavy atom. The second kappa shape index (κ2) is 5.38. The lowest BCUT2D eigenvalue weighted by atomic mass is 9.73. The lowest BCUT2D eigenvalue weighted by molar-refractivity contribution is 0.0692. The summed E-state index contributed by atoms with van der Waals surface area (Å²) in [5.41, 5.74) is -0.450. The van der Waals surface area contributed by atoms with E-state index in [1.54, 1.807) is 0 Å². The quantitative estimate of drug-likeness (QED) is 0.880. The SMILES string of the molecule is CC1(C)CCCCC1Nc1cc(C(=O)O)c(F)cc1F. The van der Waals surface area contributed by atoms with E-state index in [0.29, 0.717) is 6.07 Å². The van der Waals surface area contributed by atoms with Gasteiger partial charge >= 0.3 is 5.97 Å². The maximum absolute atomic E-state index is 13.8. The van der Waals surface area contributed by atoms with Crippen LogP contribution in [0.25, 0.3) is 0 Å². The molecule has 1 aromatic carbocycles. The van der Waals surface area contributed by atoms with Crippen molar-refractivity contribution in [2.24, 2.45) is 5.41 Å². The van der Waals surface area contributed by atoms with Crippen LogP contribution in [-0.4, -0.2) is 17.1 Å². The van der Waals surface area contributed by atoms with Gasteiger partial charge in [0.15, 0.2) is 0 Å². The second-order valence-corrected chi connectivity index (χ2v) is 6.05. The molecular weight excluding hydrogens is 264 g/mol. The molecule has 0 spiro atoms. The number of hydrogen-bond donors (Lipinski definition) is 2. The number of rotatable bonds is 3. The van der Waals surface area contributed by atoms with Crippen LogP contribution in [0.4, 0.5) is 14.5 Å². The van der Waals surface area contributed by atoms with Gasteiger partial charge in [0.25, 0.3) is 0 Å². The zero-order valence-corrected chi connectivity index (χ0v) is 11.7. The molecule has 0 radical (unpaired) electrons. The first-order valence-electron chi connectivity index (χ1n) is 6.80. The van der Waals surface area contributed by atoms with E-state index in [4.69, 9.17) is 5.11 Å². The third-order valence-corrected chi connectivity index (χ3v) is 4.12. The molecule has 2 rings (SSSR count). The Bertz CT molecular complexity index is 529. The molecule has 5 heteroatoms. The first kappa shape index (κ1) is 14.8. The van der Waals surface area contributed by atoms with Gasteiger partial charge in [0.1, 0.15) is 11.6 Å². The molecule has 1 aromatic rings. The molecule has 0 amide bonds. The van der Waals surface area contributed by atoms with Gasteiger partial charge in [-0.3, -0.25) is 0 Å². The van der Waals surface area contributed by atoms with Crippen molar-refractivity contribution < 1.29 is 18.7 Å². The average molecular weight is 283 g/mol. The Hall–Kier alpha value is -1.65. The highest BCUT2D eigenvalue weighted by Gasteiger charge is 2.32. The van der Waals surface area contributed by atoms with Gasteiger partial charge in [-0.1, -0.05) is 26.7 Å². The van der Waals surface area contributed by atoms with Crippen LogP contribution in [-0.2, 0) is 0 Å². The van der Waals surface area contributed by atoms with E-state index >= 15 is 0 Å². The van der Waals surface area contributed by atoms with Crippen LogP contribution in [0.2, 0.25) is 0 Å². The van der Waals surface area contributed by atoms with Crippen molar-refractivity contribution in [3.8, 4) is 0 Å². The molecule has 0 aromatic heterocycles. The predicted molar refractivity (Wildman–Crippen MR) is 73.0 cm³/mol. The first-order chi connectivity index (χ1) is 9.31. The molecule has 1 unspecified atom stereocenters. The minimum Gasteiger partial charge on any atom is -0.478 e. The Balaban J connectivity index is 2.29. The van der Waals surface area contributed by atoms with Crippen LogP contribution in [0.3, 0.4) is 0 Å². The van der Waals surface area contributed by atoms with E-state index in [1.165, 1.54) is 0 Å². The number of halogens is 2. The molecule has 2 N–H and O–H groups in total. The fourth-order valence-electron chi connectivity index (χ4n) is 2.77. The summed E-state index contributed by atoms with van der Waals surface area (Å²) in [6, 6.07) is 1.72. The van der Waals surface area contributed by atoms with E-state index < -0.39 is 23.2 Å². The molecule has 0 heterocycles. The summed E-state index contributed by atoms with van der Waals surface area (Å²) >= 11 is 0. The molecular formula is C15H19F2NO2. The van der Waals surface area contributed by atoms with Crippen LogP contribution >= 0.6 is 0 Å². The molecule has 20 heavy (non-hydrogen) atoms. The number of anilines is 1. The van der Waals surface area contributed by atoms with Gasteiger partial charge in [0, 0.05) is 12.1 Å². The highest BCUT2D eigenvalue weighted by atomic mass is 19.1. The van der Waals surface area contributed by atoms with Crippen LogP contribution < -0.4 is 5.32 Å². The zero-order valence-electron chi connectivity index (χ0n) is 11.7. The monoisotopic (exact) mass is 283 g/mol. The van der Waals surface area contributed by atoms with Gasteiger partial charge in [0.05, 0.1) is 11.3 Å². The molecule has 3 nitrogen and oxygen atoms in total. The molecule has 1 aliphatic carbocycles. The molecule has 0 bridgehead atoms. The van der Waals surface area contributed by atoms with Gasteiger partial charge in [-0.15, -0.1) is 0 Å². The zero-order chi connectivity index (χ0) is 14.9. The first-order valence-corrected chi connectivity index (χ1v) is 6.80. The van der Waals surface area contributed by atoms with Gasteiger partial charge in [-0.25, -0.2) is 13.6 Å².